The fraction of sp³-hybridized carbons (Fsp3) is 0.500. The number of nitrogens with zero attached hydrogens (tertiary/aromatic N) is 2. The van der Waals surface area contributed by atoms with E-state index in [1.807, 2.05) is 0 Å². The van der Waals surface area contributed by atoms with Crippen LogP contribution >= 0.6 is 11.6 Å². The van der Waals surface area contributed by atoms with Crippen molar-refractivity contribution in [3.63, 3.8) is 0 Å². The lowest BCUT2D eigenvalue weighted by Gasteiger charge is -2.12. The summed E-state index contributed by atoms with van der Waals surface area (Å²) in [6.07, 6.45) is -0.278. The van der Waals surface area contributed by atoms with Gasteiger partial charge in [0.15, 0.2) is 5.38 Å². The van der Waals surface area contributed by atoms with Gasteiger partial charge in [-0.05, 0) is 6.92 Å². The second-order valence-corrected chi connectivity index (χ2v) is 2.55. The van der Waals surface area contributed by atoms with Gasteiger partial charge in [-0.15, -0.1) is 11.6 Å². The Balaban J connectivity index is 2.87. The number of amides is 1. The summed E-state index contributed by atoms with van der Waals surface area (Å²) in [5.41, 5.74) is 0.0340. The molecule has 1 heterocycles. The van der Waals surface area contributed by atoms with Crippen LogP contribution in [0.15, 0.2) is 9.98 Å². The molecular weight excluding hydrogens is 171 g/mol. The molecule has 60 valence electrons. The zero-order chi connectivity index (χ0) is 8.43. The largest absolute Gasteiger partial charge is 0.271 e. The number of aliphatic imine (C=N–C) groups is 2. The van der Waals surface area contributed by atoms with E-state index in [9.17, 15) is 9.18 Å². The molecule has 11 heavy (non-hydrogen) atoms. The number of rotatable bonds is 1. The van der Waals surface area contributed by atoms with Crippen LogP contribution in [0.1, 0.15) is 6.92 Å². The van der Waals surface area contributed by atoms with Crippen molar-refractivity contribution in [3.05, 3.63) is 0 Å². The van der Waals surface area contributed by atoms with Crippen molar-refractivity contribution in [3.8, 4) is 0 Å². The van der Waals surface area contributed by atoms with E-state index in [1.54, 1.807) is 0 Å². The molecule has 0 N–H and O–H groups in total. The van der Waals surface area contributed by atoms with Crippen molar-refractivity contribution in [1.82, 2.24) is 0 Å². The minimum absolute atomic E-state index is 0.0340. The Hall–Kier alpha value is -0.770. The molecule has 2 atom stereocenters. The van der Waals surface area contributed by atoms with Gasteiger partial charge in [-0.25, -0.2) is 9.38 Å². The van der Waals surface area contributed by atoms with E-state index in [0.29, 0.717) is 0 Å². The zero-order valence-electron chi connectivity index (χ0n) is 5.79. The summed E-state index contributed by atoms with van der Waals surface area (Å²) in [6.45, 7) is 1.28. The molecule has 3 nitrogen and oxygen atoms in total. The molecule has 0 aliphatic carbocycles. The zero-order valence-corrected chi connectivity index (χ0v) is 6.55. The van der Waals surface area contributed by atoms with Gasteiger partial charge < -0.3 is 0 Å². The molecule has 5 heteroatoms. The molecule has 1 rings (SSSR count). The normalized spacial score (nSPS) is 26.6. The van der Waals surface area contributed by atoms with Gasteiger partial charge >= 0.3 is 0 Å². The second kappa shape index (κ2) is 3.09. The first-order valence-corrected chi connectivity index (χ1v) is 3.48. The number of carbonyl (C=O) groups is 1. The van der Waals surface area contributed by atoms with Crippen molar-refractivity contribution in [2.24, 2.45) is 9.98 Å². The highest BCUT2D eigenvalue weighted by molar-refractivity contribution is 6.44. The minimum atomic E-state index is -1.30. The number of hydrogen-bond donors (Lipinski definition) is 0. The predicted octanol–water partition coefficient (Wildman–Crippen LogP) is 0.961. The van der Waals surface area contributed by atoms with Crippen molar-refractivity contribution >= 4 is 29.6 Å². The van der Waals surface area contributed by atoms with Gasteiger partial charge in [0, 0.05) is 0 Å². The van der Waals surface area contributed by atoms with Crippen LogP contribution in [-0.4, -0.2) is 29.5 Å². The summed E-state index contributed by atoms with van der Waals surface area (Å²) >= 11 is 5.49. The summed E-state index contributed by atoms with van der Waals surface area (Å²) in [5.74, 6) is -0.554. The van der Waals surface area contributed by atoms with Crippen LogP contribution in [0.5, 0.6) is 0 Å². The molecule has 0 aromatic rings. The Labute approximate surface area is 68.0 Å². The standard InChI is InChI=1S/C6H6ClFN2O/c1-3(8)5-4(7)6(11)10-2-9-5/h2-4H,1H3. The van der Waals surface area contributed by atoms with E-state index in [0.717, 1.165) is 6.34 Å². The molecule has 1 aliphatic heterocycles. The van der Waals surface area contributed by atoms with Crippen molar-refractivity contribution < 1.29 is 9.18 Å². The van der Waals surface area contributed by atoms with E-state index >= 15 is 0 Å². The first-order valence-electron chi connectivity index (χ1n) is 3.05. The maximum Gasteiger partial charge on any atom is 0.271 e. The fourth-order valence-electron chi connectivity index (χ4n) is 0.714. The highest BCUT2D eigenvalue weighted by Crippen LogP contribution is 2.10. The van der Waals surface area contributed by atoms with Gasteiger partial charge in [-0.2, -0.15) is 4.99 Å². The molecule has 0 radical (unpaired) electrons. The van der Waals surface area contributed by atoms with E-state index in [1.165, 1.54) is 6.92 Å². The number of carbonyl (C=O) groups excluding carboxylic acids is 1. The summed E-state index contributed by atoms with van der Waals surface area (Å²) in [6, 6.07) is 0. The van der Waals surface area contributed by atoms with Crippen LogP contribution in [-0.2, 0) is 4.79 Å². The van der Waals surface area contributed by atoms with Gasteiger partial charge in [-0.3, -0.25) is 4.79 Å². The van der Waals surface area contributed by atoms with Gasteiger partial charge in [-0.1, -0.05) is 0 Å². The van der Waals surface area contributed by atoms with Crippen LogP contribution in [0.4, 0.5) is 4.39 Å². The Kier molecular flexibility index (Phi) is 2.34. The highest BCUT2D eigenvalue weighted by Gasteiger charge is 2.27. The summed E-state index contributed by atoms with van der Waals surface area (Å²) in [4.78, 5) is 17.6. The topological polar surface area (TPSA) is 41.8 Å². The summed E-state index contributed by atoms with van der Waals surface area (Å²) in [5, 5.41) is -1.03. The van der Waals surface area contributed by atoms with Gasteiger partial charge in [0.05, 0.1) is 5.71 Å². The van der Waals surface area contributed by atoms with Crippen LogP contribution < -0.4 is 0 Å². The maximum absolute atomic E-state index is 12.6. The lowest BCUT2D eigenvalue weighted by atomic mass is 10.1. The highest BCUT2D eigenvalue weighted by atomic mass is 35.5. The molecule has 2 unspecified atom stereocenters. The smallest absolute Gasteiger partial charge is 0.270 e. The van der Waals surface area contributed by atoms with Gasteiger partial charge in [0.1, 0.15) is 12.5 Å². The molecule has 0 aromatic heterocycles. The van der Waals surface area contributed by atoms with Crippen LogP contribution in [0.2, 0.25) is 0 Å². The van der Waals surface area contributed by atoms with E-state index in [-0.39, 0.29) is 5.71 Å². The number of alkyl halides is 2. The predicted molar refractivity (Wildman–Crippen MR) is 41.1 cm³/mol. The molecule has 0 bridgehead atoms. The third-order valence-corrected chi connectivity index (χ3v) is 1.69. The quantitative estimate of drug-likeness (QED) is 0.549. The van der Waals surface area contributed by atoms with E-state index in [2.05, 4.69) is 9.98 Å². The second-order valence-electron chi connectivity index (χ2n) is 2.12. The fourth-order valence-corrected chi connectivity index (χ4v) is 1.00. The molecule has 1 amide bonds. The third kappa shape index (κ3) is 1.63. The lowest BCUT2D eigenvalue weighted by Crippen LogP contribution is -2.32. The molecule has 0 aromatic carbocycles. The first-order chi connectivity index (χ1) is 5.13. The molecule has 0 saturated heterocycles. The number of halogens is 2. The van der Waals surface area contributed by atoms with Crippen molar-refractivity contribution in [2.75, 3.05) is 0 Å². The maximum atomic E-state index is 12.6. The SMILES string of the molecule is CC(F)C1=NC=NC(=O)C1Cl. The van der Waals surface area contributed by atoms with E-state index < -0.39 is 17.5 Å². The first kappa shape index (κ1) is 8.33. The van der Waals surface area contributed by atoms with E-state index in [4.69, 9.17) is 11.6 Å². The average molecular weight is 177 g/mol. The summed E-state index contributed by atoms with van der Waals surface area (Å²) < 4.78 is 12.6. The molecule has 0 fully saturated rings. The Morgan fingerprint density at radius 1 is 1.82 bits per heavy atom. The monoisotopic (exact) mass is 176 g/mol. The molecule has 1 aliphatic rings. The minimum Gasteiger partial charge on any atom is -0.270 e. The Morgan fingerprint density at radius 2 is 2.45 bits per heavy atom. The molecular formula is C6H6ClFN2O. The molecule has 0 saturated carbocycles. The number of hydrogen-bond acceptors (Lipinski definition) is 2. The van der Waals surface area contributed by atoms with Crippen molar-refractivity contribution in [2.45, 2.75) is 18.5 Å². The Morgan fingerprint density at radius 3 is 2.91 bits per heavy atom. The van der Waals surface area contributed by atoms with Crippen LogP contribution in [0, 0.1) is 0 Å². The molecule has 0 spiro atoms. The lowest BCUT2D eigenvalue weighted by molar-refractivity contribution is -0.116. The van der Waals surface area contributed by atoms with Crippen LogP contribution in [0.3, 0.4) is 0 Å². The summed E-state index contributed by atoms with van der Waals surface area (Å²) in [7, 11) is 0. The third-order valence-electron chi connectivity index (χ3n) is 1.28. The Bertz CT molecular complexity index is 237. The van der Waals surface area contributed by atoms with Crippen LogP contribution in [0.25, 0.3) is 0 Å². The average Bonchev–Trinajstić information content (AvgIpc) is 1.94. The van der Waals surface area contributed by atoms with Gasteiger partial charge in [0.2, 0.25) is 0 Å². The van der Waals surface area contributed by atoms with Gasteiger partial charge in [0.25, 0.3) is 5.91 Å². The van der Waals surface area contributed by atoms with Crippen molar-refractivity contribution in [1.29, 1.82) is 0 Å².